The minimum Gasteiger partial charge on any atom is -0.394 e. The lowest BCUT2D eigenvalue weighted by Crippen LogP contribution is -2.47. The monoisotopic (exact) mass is 334 g/mol. The lowest BCUT2D eigenvalue weighted by molar-refractivity contribution is -0.146. The van der Waals surface area contributed by atoms with E-state index < -0.39 is 11.8 Å². The quantitative estimate of drug-likeness (QED) is 0.565. The molecule has 0 aliphatic carbocycles. The zero-order chi connectivity index (χ0) is 17.2. The van der Waals surface area contributed by atoms with Gasteiger partial charge in [0.2, 0.25) is 0 Å². The SMILES string of the molecule is O=C(NCCOCCO)C(=O)N1CCC(Cc2ccccc2)CC1. The topological polar surface area (TPSA) is 78.9 Å². The fourth-order valence-corrected chi connectivity index (χ4v) is 2.91. The first-order chi connectivity index (χ1) is 11.7. The third kappa shape index (κ3) is 5.94. The van der Waals surface area contributed by atoms with E-state index in [9.17, 15) is 9.59 Å². The Bertz CT molecular complexity index is 513. The van der Waals surface area contributed by atoms with Crippen LogP contribution in [0.3, 0.4) is 0 Å². The van der Waals surface area contributed by atoms with Crippen LogP contribution in [0.4, 0.5) is 0 Å². The first-order valence-electron chi connectivity index (χ1n) is 8.50. The van der Waals surface area contributed by atoms with Crippen molar-refractivity contribution in [3.05, 3.63) is 35.9 Å². The van der Waals surface area contributed by atoms with E-state index >= 15 is 0 Å². The van der Waals surface area contributed by atoms with Gasteiger partial charge in [0, 0.05) is 19.6 Å². The largest absolute Gasteiger partial charge is 0.394 e. The van der Waals surface area contributed by atoms with Crippen LogP contribution in [0.5, 0.6) is 0 Å². The molecule has 1 saturated heterocycles. The number of aliphatic hydroxyl groups is 1. The van der Waals surface area contributed by atoms with Gasteiger partial charge in [-0.15, -0.1) is 0 Å². The second-order valence-corrected chi connectivity index (χ2v) is 6.02. The van der Waals surface area contributed by atoms with E-state index in [1.807, 2.05) is 18.2 Å². The number of piperidine rings is 1. The van der Waals surface area contributed by atoms with Gasteiger partial charge in [-0.05, 0) is 30.7 Å². The number of carbonyl (C=O) groups excluding carboxylic acids is 2. The molecule has 0 unspecified atom stereocenters. The van der Waals surface area contributed by atoms with Crippen LogP contribution in [-0.4, -0.2) is 61.3 Å². The van der Waals surface area contributed by atoms with Crippen molar-refractivity contribution in [1.29, 1.82) is 0 Å². The molecule has 132 valence electrons. The van der Waals surface area contributed by atoms with E-state index in [-0.39, 0.29) is 19.8 Å². The molecule has 0 saturated carbocycles. The van der Waals surface area contributed by atoms with Crippen LogP contribution in [0.25, 0.3) is 0 Å². The molecule has 0 aromatic heterocycles. The maximum Gasteiger partial charge on any atom is 0.311 e. The molecule has 2 amide bonds. The smallest absolute Gasteiger partial charge is 0.311 e. The molecule has 0 atom stereocenters. The molecule has 1 aromatic carbocycles. The van der Waals surface area contributed by atoms with Crippen molar-refractivity contribution in [2.24, 2.45) is 5.92 Å². The fraction of sp³-hybridized carbons (Fsp3) is 0.556. The molecule has 6 heteroatoms. The highest BCUT2D eigenvalue weighted by Gasteiger charge is 2.26. The normalized spacial score (nSPS) is 15.3. The van der Waals surface area contributed by atoms with Gasteiger partial charge < -0.3 is 20.1 Å². The molecular weight excluding hydrogens is 308 g/mol. The highest BCUT2D eigenvalue weighted by atomic mass is 16.5. The number of benzene rings is 1. The van der Waals surface area contributed by atoms with Crippen LogP contribution in [0.2, 0.25) is 0 Å². The molecule has 1 heterocycles. The van der Waals surface area contributed by atoms with Gasteiger partial charge in [-0.25, -0.2) is 0 Å². The summed E-state index contributed by atoms with van der Waals surface area (Å²) in [5, 5.41) is 11.1. The van der Waals surface area contributed by atoms with E-state index in [0.29, 0.717) is 25.6 Å². The summed E-state index contributed by atoms with van der Waals surface area (Å²) in [6, 6.07) is 10.4. The first-order valence-corrected chi connectivity index (χ1v) is 8.50. The molecule has 2 rings (SSSR count). The van der Waals surface area contributed by atoms with Crippen molar-refractivity contribution in [2.75, 3.05) is 39.5 Å². The average Bonchev–Trinajstić information content (AvgIpc) is 2.62. The molecule has 1 aliphatic rings. The van der Waals surface area contributed by atoms with Gasteiger partial charge in [0.25, 0.3) is 0 Å². The zero-order valence-electron chi connectivity index (χ0n) is 13.9. The number of aliphatic hydroxyl groups excluding tert-OH is 1. The van der Waals surface area contributed by atoms with E-state index in [4.69, 9.17) is 9.84 Å². The van der Waals surface area contributed by atoms with Crippen LogP contribution in [0.1, 0.15) is 18.4 Å². The molecule has 0 radical (unpaired) electrons. The predicted molar refractivity (Wildman–Crippen MR) is 90.4 cm³/mol. The highest BCUT2D eigenvalue weighted by molar-refractivity contribution is 6.35. The Hall–Kier alpha value is -1.92. The summed E-state index contributed by atoms with van der Waals surface area (Å²) in [4.78, 5) is 25.6. The van der Waals surface area contributed by atoms with E-state index in [1.165, 1.54) is 5.56 Å². The first kappa shape index (κ1) is 18.4. The summed E-state index contributed by atoms with van der Waals surface area (Å²) >= 11 is 0. The lowest BCUT2D eigenvalue weighted by Gasteiger charge is -2.31. The van der Waals surface area contributed by atoms with E-state index in [1.54, 1.807) is 4.90 Å². The van der Waals surface area contributed by atoms with Gasteiger partial charge >= 0.3 is 11.8 Å². The molecule has 1 fully saturated rings. The van der Waals surface area contributed by atoms with Crippen LogP contribution >= 0.6 is 0 Å². The molecule has 0 bridgehead atoms. The predicted octanol–water partition coefficient (Wildman–Crippen LogP) is 0.593. The Labute approximate surface area is 142 Å². The van der Waals surface area contributed by atoms with Crippen molar-refractivity contribution < 1.29 is 19.4 Å². The van der Waals surface area contributed by atoms with Crippen molar-refractivity contribution >= 4 is 11.8 Å². The van der Waals surface area contributed by atoms with E-state index in [0.717, 1.165) is 19.3 Å². The number of ether oxygens (including phenoxy) is 1. The molecule has 1 aromatic rings. The van der Waals surface area contributed by atoms with Gasteiger partial charge in [0.15, 0.2) is 0 Å². The number of rotatable bonds is 7. The van der Waals surface area contributed by atoms with Gasteiger partial charge in [-0.2, -0.15) is 0 Å². The standard InChI is InChI=1S/C18H26N2O4/c21-11-13-24-12-8-19-17(22)18(23)20-9-6-16(7-10-20)14-15-4-2-1-3-5-15/h1-5,16,21H,6-14H2,(H,19,22). The summed E-state index contributed by atoms with van der Waals surface area (Å²) in [5.74, 6) is -0.481. The Balaban J connectivity index is 1.67. The lowest BCUT2D eigenvalue weighted by atomic mass is 9.90. The molecule has 0 spiro atoms. The number of carbonyl (C=O) groups is 2. The summed E-state index contributed by atoms with van der Waals surface area (Å²) in [7, 11) is 0. The summed E-state index contributed by atoms with van der Waals surface area (Å²) in [6.07, 6.45) is 2.87. The van der Waals surface area contributed by atoms with Crippen molar-refractivity contribution in [1.82, 2.24) is 10.2 Å². The summed E-state index contributed by atoms with van der Waals surface area (Å²) in [6.45, 7) is 2.01. The number of nitrogens with zero attached hydrogens (tertiary/aromatic N) is 1. The zero-order valence-corrected chi connectivity index (χ0v) is 13.9. The third-order valence-electron chi connectivity index (χ3n) is 4.23. The van der Waals surface area contributed by atoms with Crippen LogP contribution < -0.4 is 5.32 Å². The fourth-order valence-electron chi connectivity index (χ4n) is 2.91. The Morgan fingerprint density at radius 3 is 2.54 bits per heavy atom. The van der Waals surface area contributed by atoms with Gasteiger partial charge in [0.05, 0.1) is 19.8 Å². The molecule has 2 N–H and O–H groups in total. The number of amides is 2. The Kier molecular flexibility index (Phi) is 7.71. The number of hydrogen-bond donors (Lipinski definition) is 2. The second kappa shape index (κ2) is 10.1. The maximum absolute atomic E-state index is 12.1. The summed E-state index contributed by atoms with van der Waals surface area (Å²) in [5.41, 5.74) is 1.32. The number of likely N-dealkylation sites (tertiary alicyclic amines) is 1. The van der Waals surface area contributed by atoms with Crippen LogP contribution in [-0.2, 0) is 20.7 Å². The summed E-state index contributed by atoms with van der Waals surface area (Å²) < 4.78 is 5.04. The minimum atomic E-state index is -0.580. The van der Waals surface area contributed by atoms with Crippen molar-refractivity contribution in [2.45, 2.75) is 19.3 Å². The van der Waals surface area contributed by atoms with Gasteiger partial charge in [0.1, 0.15) is 0 Å². The Morgan fingerprint density at radius 2 is 1.88 bits per heavy atom. The molecule has 6 nitrogen and oxygen atoms in total. The molecule has 1 aliphatic heterocycles. The highest BCUT2D eigenvalue weighted by Crippen LogP contribution is 2.21. The average molecular weight is 334 g/mol. The van der Waals surface area contributed by atoms with Gasteiger partial charge in [-0.3, -0.25) is 9.59 Å². The van der Waals surface area contributed by atoms with Gasteiger partial charge in [-0.1, -0.05) is 30.3 Å². The number of hydrogen-bond acceptors (Lipinski definition) is 4. The minimum absolute atomic E-state index is 0.0508. The molecule has 24 heavy (non-hydrogen) atoms. The van der Waals surface area contributed by atoms with Crippen LogP contribution in [0, 0.1) is 5.92 Å². The number of nitrogens with one attached hydrogen (secondary N) is 1. The second-order valence-electron chi connectivity index (χ2n) is 6.02. The van der Waals surface area contributed by atoms with Crippen LogP contribution in [0.15, 0.2) is 30.3 Å². The van der Waals surface area contributed by atoms with E-state index in [2.05, 4.69) is 17.4 Å². The Morgan fingerprint density at radius 1 is 1.17 bits per heavy atom. The van der Waals surface area contributed by atoms with Crippen molar-refractivity contribution in [3.8, 4) is 0 Å². The maximum atomic E-state index is 12.1. The van der Waals surface area contributed by atoms with Crippen molar-refractivity contribution in [3.63, 3.8) is 0 Å². The third-order valence-corrected chi connectivity index (χ3v) is 4.23. The molecular formula is C18H26N2O4.